The summed E-state index contributed by atoms with van der Waals surface area (Å²) in [5, 5.41) is 0. The van der Waals surface area contributed by atoms with E-state index in [0.717, 1.165) is 38.9 Å². The van der Waals surface area contributed by atoms with Crippen LogP contribution in [0.1, 0.15) is 39.5 Å². The van der Waals surface area contributed by atoms with E-state index in [2.05, 4.69) is 40.8 Å². The lowest BCUT2D eigenvalue weighted by Crippen LogP contribution is -1.94. The lowest BCUT2D eigenvalue weighted by molar-refractivity contribution is 0.164. The van der Waals surface area contributed by atoms with Crippen molar-refractivity contribution >= 4 is 17.4 Å². The zero-order valence-corrected chi connectivity index (χ0v) is 14.2. The van der Waals surface area contributed by atoms with Crippen LogP contribution in [0.4, 0.5) is 0 Å². The molecule has 0 saturated carbocycles. The molecular formula is C15H26O2P2. The van der Waals surface area contributed by atoms with Crippen LogP contribution in [0.3, 0.4) is 0 Å². The molecule has 19 heavy (non-hydrogen) atoms. The van der Waals surface area contributed by atoms with Gasteiger partial charge in [0.05, 0.1) is 6.61 Å². The van der Waals surface area contributed by atoms with Gasteiger partial charge in [-0.1, -0.05) is 38.1 Å². The van der Waals surface area contributed by atoms with Gasteiger partial charge in [0.2, 0.25) is 0 Å². The summed E-state index contributed by atoms with van der Waals surface area (Å²) in [6.07, 6.45) is 13.9. The van der Waals surface area contributed by atoms with Crippen molar-refractivity contribution in [3.05, 3.63) is 23.3 Å². The highest BCUT2D eigenvalue weighted by molar-refractivity contribution is 8.00. The molecule has 0 bridgehead atoms. The maximum Gasteiger partial charge on any atom is 0.107 e. The minimum atomic E-state index is 0.422. The Labute approximate surface area is 122 Å². The summed E-state index contributed by atoms with van der Waals surface area (Å²) in [4.78, 5) is 0. The van der Waals surface area contributed by atoms with Gasteiger partial charge in [0.15, 0.2) is 0 Å². The van der Waals surface area contributed by atoms with E-state index in [1.54, 1.807) is 0 Å². The van der Waals surface area contributed by atoms with Crippen LogP contribution in [0.5, 0.6) is 0 Å². The first-order valence-corrected chi connectivity index (χ1v) is 9.32. The van der Waals surface area contributed by atoms with Crippen LogP contribution in [0.25, 0.3) is 0 Å². The molecule has 2 nitrogen and oxygen atoms in total. The molecule has 0 spiro atoms. The third-order valence-corrected chi connectivity index (χ3v) is 3.51. The molecule has 2 atom stereocenters. The Morgan fingerprint density at radius 2 is 2.00 bits per heavy atom. The SMILES string of the molecule is C#CCOCCCC(C)=CCCC(C)=CCOPP. The number of terminal acetylenes is 1. The summed E-state index contributed by atoms with van der Waals surface area (Å²) in [7, 11) is 3.07. The van der Waals surface area contributed by atoms with Gasteiger partial charge in [0.1, 0.15) is 6.61 Å². The average molecular weight is 300 g/mol. The topological polar surface area (TPSA) is 18.5 Å². The number of allylic oxidation sites excluding steroid dienone is 3. The van der Waals surface area contributed by atoms with Gasteiger partial charge < -0.3 is 9.26 Å². The molecule has 0 aliphatic rings. The Kier molecular flexibility index (Phi) is 14.1. The van der Waals surface area contributed by atoms with E-state index in [1.807, 2.05) is 0 Å². The smallest absolute Gasteiger partial charge is 0.107 e. The Balaban J connectivity index is 3.63. The summed E-state index contributed by atoms with van der Waals surface area (Å²) in [6, 6.07) is 0. The molecule has 0 saturated heterocycles. The van der Waals surface area contributed by atoms with Crippen LogP contribution in [-0.2, 0) is 9.26 Å². The number of ether oxygens (including phenoxy) is 1. The molecule has 0 aromatic carbocycles. The fourth-order valence-corrected chi connectivity index (χ4v) is 2.03. The Bertz CT molecular complexity index is 317. The lowest BCUT2D eigenvalue weighted by atomic mass is 10.1. The Hall–Kier alpha value is -0.180. The van der Waals surface area contributed by atoms with Gasteiger partial charge in [0.25, 0.3) is 0 Å². The monoisotopic (exact) mass is 300 g/mol. The van der Waals surface area contributed by atoms with Crippen LogP contribution in [-0.4, -0.2) is 19.8 Å². The molecule has 0 N–H and O–H groups in total. The molecule has 0 radical (unpaired) electrons. The molecule has 0 amide bonds. The molecule has 108 valence electrons. The second-order valence-electron chi connectivity index (χ2n) is 4.43. The van der Waals surface area contributed by atoms with Crippen molar-refractivity contribution in [2.45, 2.75) is 39.5 Å². The van der Waals surface area contributed by atoms with Crippen LogP contribution in [0.2, 0.25) is 0 Å². The maximum absolute atomic E-state index is 5.29. The van der Waals surface area contributed by atoms with Crippen molar-refractivity contribution in [3.63, 3.8) is 0 Å². The fraction of sp³-hybridized carbons (Fsp3) is 0.600. The maximum atomic E-state index is 5.29. The van der Waals surface area contributed by atoms with E-state index in [0.29, 0.717) is 15.1 Å². The highest BCUT2D eigenvalue weighted by Gasteiger charge is 1.93. The lowest BCUT2D eigenvalue weighted by Gasteiger charge is -2.03. The van der Waals surface area contributed by atoms with Gasteiger partial charge in [-0.15, -0.1) is 6.42 Å². The third-order valence-electron chi connectivity index (χ3n) is 2.68. The molecule has 4 heteroatoms. The van der Waals surface area contributed by atoms with Gasteiger partial charge in [-0.2, -0.15) is 0 Å². The minimum Gasteiger partial charge on any atom is -0.369 e. The van der Waals surface area contributed by atoms with Crippen LogP contribution in [0.15, 0.2) is 23.3 Å². The quantitative estimate of drug-likeness (QED) is 0.242. The van der Waals surface area contributed by atoms with E-state index in [9.17, 15) is 0 Å². The van der Waals surface area contributed by atoms with E-state index in [4.69, 9.17) is 15.7 Å². The van der Waals surface area contributed by atoms with Gasteiger partial charge in [-0.25, -0.2) is 0 Å². The molecule has 0 aromatic heterocycles. The first-order chi connectivity index (χ1) is 9.20. The molecule has 0 aliphatic heterocycles. The zero-order valence-electron chi connectivity index (χ0n) is 12.1. The second kappa shape index (κ2) is 14.2. The van der Waals surface area contributed by atoms with Crippen LogP contribution >= 0.6 is 17.4 Å². The summed E-state index contributed by atoms with van der Waals surface area (Å²) in [5.41, 5.74) is 2.82. The normalized spacial score (nSPS) is 13.2. The number of hydrogen-bond donors (Lipinski definition) is 0. The molecule has 0 fully saturated rings. The standard InChI is InChI=1S/C15H26O2P2/c1-4-11-16-12-6-9-14(2)7-5-8-15(3)10-13-17-19-18/h1,7,10,19H,5-6,8-9,11-13,18H2,2-3H3. The fourth-order valence-electron chi connectivity index (χ4n) is 1.57. The summed E-state index contributed by atoms with van der Waals surface area (Å²) in [6.45, 7) is 6.24. The van der Waals surface area contributed by atoms with E-state index < -0.39 is 0 Å². The van der Waals surface area contributed by atoms with Gasteiger partial charge >= 0.3 is 0 Å². The molecule has 0 aliphatic carbocycles. The van der Waals surface area contributed by atoms with E-state index in [-0.39, 0.29) is 0 Å². The minimum absolute atomic E-state index is 0.422. The average Bonchev–Trinajstić information content (AvgIpc) is 2.39. The summed E-state index contributed by atoms with van der Waals surface area (Å²) < 4.78 is 10.5. The molecule has 0 heterocycles. The molecule has 0 rings (SSSR count). The molecule has 0 aromatic rings. The van der Waals surface area contributed by atoms with Gasteiger partial charge in [0, 0.05) is 15.1 Å². The van der Waals surface area contributed by atoms with E-state index >= 15 is 0 Å². The Morgan fingerprint density at radius 1 is 1.26 bits per heavy atom. The van der Waals surface area contributed by atoms with Gasteiger partial charge in [-0.05, 0) is 39.5 Å². The zero-order chi connectivity index (χ0) is 14.3. The first kappa shape index (κ1) is 18.8. The Morgan fingerprint density at radius 3 is 2.68 bits per heavy atom. The van der Waals surface area contributed by atoms with Crippen LogP contribution in [0, 0.1) is 12.3 Å². The number of hydrogen-bond acceptors (Lipinski definition) is 2. The third kappa shape index (κ3) is 14.0. The molecule has 2 unspecified atom stereocenters. The predicted octanol–water partition coefficient (Wildman–Crippen LogP) is 4.49. The highest BCUT2D eigenvalue weighted by Crippen LogP contribution is 2.21. The van der Waals surface area contributed by atoms with Crippen molar-refractivity contribution in [3.8, 4) is 12.3 Å². The first-order valence-electron chi connectivity index (χ1n) is 6.60. The van der Waals surface area contributed by atoms with E-state index in [1.165, 1.54) is 11.1 Å². The number of rotatable bonds is 11. The van der Waals surface area contributed by atoms with Crippen molar-refractivity contribution in [1.82, 2.24) is 0 Å². The second-order valence-corrected chi connectivity index (χ2v) is 5.66. The predicted molar refractivity (Wildman–Crippen MR) is 89.6 cm³/mol. The highest BCUT2D eigenvalue weighted by atomic mass is 32.0. The summed E-state index contributed by atoms with van der Waals surface area (Å²) >= 11 is 0. The van der Waals surface area contributed by atoms with Crippen LogP contribution < -0.4 is 0 Å². The van der Waals surface area contributed by atoms with Crippen molar-refractivity contribution in [1.29, 1.82) is 0 Å². The largest absolute Gasteiger partial charge is 0.369 e. The van der Waals surface area contributed by atoms with Gasteiger partial charge in [-0.3, -0.25) is 0 Å². The summed E-state index contributed by atoms with van der Waals surface area (Å²) in [5.74, 6) is 2.47. The van der Waals surface area contributed by atoms with Crippen molar-refractivity contribution in [2.75, 3.05) is 19.8 Å². The molecular weight excluding hydrogens is 274 g/mol. The van der Waals surface area contributed by atoms with Crippen molar-refractivity contribution < 1.29 is 9.26 Å². The van der Waals surface area contributed by atoms with Crippen molar-refractivity contribution in [2.24, 2.45) is 0 Å².